The molecule has 0 unspecified atom stereocenters. The molecule has 4 amide bonds. The van der Waals surface area contributed by atoms with Gasteiger partial charge in [-0.15, -0.1) is 11.8 Å². The number of hydrogen-bond donors (Lipinski definition) is 4. The van der Waals surface area contributed by atoms with Crippen molar-refractivity contribution in [3.63, 3.8) is 0 Å². The minimum atomic E-state index is -1.64. The Labute approximate surface area is 281 Å². The number of thioether (sulfide) groups is 1. The highest BCUT2D eigenvalue weighted by molar-refractivity contribution is 7.99. The van der Waals surface area contributed by atoms with E-state index in [1.165, 1.54) is 16.7 Å². The van der Waals surface area contributed by atoms with Crippen molar-refractivity contribution in [3.05, 3.63) is 78.4 Å². The third-order valence-corrected chi connectivity index (χ3v) is 8.78. The normalized spacial score (nSPS) is 17.0. The van der Waals surface area contributed by atoms with Gasteiger partial charge in [-0.25, -0.2) is 0 Å². The second kappa shape index (κ2) is 15.2. The molecule has 252 valence electrons. The van der Waals surface area contributed by atoms with Crippen LogP contribution in [-0.2, 0) is 25.6 Å². The molecule has 0 radical (unpaired) electrons. The molecule has 11 heteroatoms. The second-order valence-corrected chi connectivity index (χ2v) is 14.9. The molecule has 1 aliphatic heterocycles. The molecule has 4 N–H and O–H groups in total. The van der Waals surface area contributed by atoms with Crippen LogP contribution in [0.1, 0.15) is 47.1 Å². The van der Waals surface area contributed by atoms with Crippen molar-refractivity contribution in [2.75, 3.05) is 18.2 Å². The van der Waals surface area contributed by atoms with Crippen LogP contribution in [-0.4, -0.2) is 81.6 Å². The van der Waals surface area contributed by atoms with Crippen molar-refractivity contribution in [1.29, 1.82) is 0 Å². The number of nitrogens with zero attached hydrogens (tertiary/aromatic N) is 1. The molecular weight excluding hydrogens is 616 g/mol. The number of carbonyl (C=O) groups is 4. The minimum Gasteiger partial charge on any atom is -0.483 e. The lowest BCUT2D eigenvalue weighted by Crippen LogP contribution is -2.61. The molecule has 1 fully saturated rings. The van der Waals surface area contributed by atoms with Gasteiger partial charge in [0, 0.05) is 16.7 Å². The molecule has 3 aromatic carbocycles. The van der Waals surface area contributed by atoms with Gasteiger partial charge in [0.05, 0.1) is 11.9 Å². The van der Waals surface area contributed by atoms with Crippen LogP contribution in [0.15, 0.2) is 72.8 Å². The zero-order chi connectivity index (χ0) is 34.4. The topological polar surface area (TPSA) is 137 Å². The minimum absolute atomic E-state index is 0.147. The number of ether oxygens (including phenoxy) is 1. The first-order valence-electron chi connectivity index (χ1n) is 15.8. The summed E-state index contributed by atoms with van der Waals surface area (Å²) >= 11 is 1.42. The lowest BCUT2D eigenvalue weighted by Gasteiger charge is -2.34. The van der Waals surface area contributed by atoms with Gasteiger partial charge in [0.15, 0.2) is 12.7 Å². The van der Waals surface area contributed by atoms with Gasteiger partial charge in [-0.3, -0.25) is 19.2 Å². The first-order valence-corrected chi connectivity index (χ1v) is 16.9. The number of rotatable bonds is 11. The molecule has 0 saturated carbocycles. The van der Waals surface area contributed by atoms with Crippen molar-refractivity contribution < 1.29 is 29.0 Å². The Hall–Kier alpha value is -4.09. The maximum Gasteiger partial charge on any atom is 0.258 e. The van der Waals surface area contributed by atoms with Gasteiger partial charge in [-0.05, 0) is 49.6 Å². The Kier molecular flexibility index (Phi) is 11.6. The highest BCUT2D eigenvalue weighted by atomic mass is 32.2. The number of benzene rings is 3. The Morgan fingerprint density at radius 1 is 0.915 bits per heavy atom. The van der Waals surface area contributed by atoms with Crippen LogP contribution >= 0.6 is 11.8 Å². The Morgan fingerprint density at radius 3 is 2.26 bits per heavy atom. The fraction of sp³-hybridized carbons (Fsp3) is 0.444. The van der Waals surface area contributed by atoms with Crippen LogP contribution in [0.3, 0.4) is 0 Å². The van der Waals surface area contributed by atoms with E-state index in [4.69, 9.17) is 4.74 Å². The standard InChI is InChI=1S/C36H46N4O6S/c1-35(2,3)31(38-29(41)20-46-28-18-12-16-24-15-10-11-17-25(24)28)33(44)37-26(19-23-13-8-7-9-14-23)30(42)34(45)40-22-47-21-27(40)32(43)39-36(4,5)6/h7-18,26-27,30-31,42H,19-22H2,1-6H3,(H,37,44)(H,38,41)(H,39,43)/t26-,27-,30-,31+/m0/s1. The van der Waals surface area contributed by atoms with E-state index in [-0.39, 0.29) is 24.8 Å². The lowest BCUT2D eigenvalue weighted by molar-refractivity contribution is -0.147. The summed E-state index contributed by atoms with van der Waals surface area (Å²) in [5, 5.41) is 21.9. The van der Waals surface area contributed by atoms with Crippen molar-refractivity contribution in [2.45, 2.75) is 77.7 Å². The second-order valence-electron chi connectivity index (χ2n) is 13.9. The van der Waals surface area contributed by atoms with Crippen molar-refractivity contribution in [1.82, 2.24) is 20.9 Å². The number of aliphatic hydroxyl groups excluding tert-OH is 1. The van der Waals surface area contributed by atoms with Crippen LogP contribution in [0.4, 0.5) is 0 Å². The summed E-state index contributed by atoms with van der Waals surface area (Å²) in [5.74, 6) is -0.809. The van der Waals surface area contributed by atoms with E-state index in [1.54, 1.807) is 6.07 Å². The summed E-state index contributed by atoms with van der Waals surface area (Å²) in [7, 11) is 0. The summed E-state index contributed by atoms with van der Waals surface area (Å²) < 4.78 is 5.85. The largest absolute Gasteiger partial charge is 0.483 e. The van der Waals surface area contributed by atoms with Crippen LogP contribution < -0.4 is 20.7 Å². The van der Waals surface area contributed by atoms with E-state index in [9.17, 15) is 24.3 Å². The van der Waals surface area contributed by atoms with E-state index in [2.05, 4.69) is 16.0 Å². The third kappa shape index (κ3) is 9.71. The van der Waals surface area contributed by atoms with E-state index in [0.29, 0.717) is 11.5 Å². The molecule has 0 bridgehead atoms. The highest BCUT2D eigenvalue weighted by Gasteiger charge is 2.42. The number of nitrogens with one attached hydrogen (secondary N) is 3. The summed E-state index contributed by atoms with van der Waals surface area (Å²) in [6.45, 7) is 10.7. The summed E-state index contributed by atoms with van der Waals surface area (Å²) in [6, 6.07) is 19.7. The van der Waals surface area contributed by atoms with Gasteiger partial charge in [0.1, 0.15) is 17.8 Å². The molecule has 0 aliphatic carbocycles. The predicted molar refractivity (Wildman–Crippen MR) is 185 cm³/mol. The molecule has 47 heavy (non-hydrogen) atoms. The SMILES string of the molecule is CC(C)(C)NC(=O)[C@@H]1CSCN1C(=O)[C@@H](O)[C@H](Cc1ccccc1)NC(=O)[C@@H](NC(=O)COc1cccc2ccccc12)C(C)(C)C. The molecule has 1 aliphatic rings. The van der Waals surface area contributed by atoms with Gasteiger partial charge < -0.3 is 30.7 Å². The first kappa shape index (κ1) is 35.8. The van der Waals surface area contributed by atoms with Crippen molar-refractivity contribution >= 4 is 46.2 Å². The van der Waals surface area contributed by atoms with Gasteiger partial charge in [-0.2, -0.15) is 0 Å². The molecule has 1 saturated heterocycles. The fourth-order valence-electron chi connectivity index (χ4n) is 5.39. The molecule has 0 aromatic heterocycles. The van der Waals surface area contributed by atoms with E-state index >= 15 is 0 Å². The van der Waals surface area contributed by atoms with E-state index in [0.717, 1.165) is 16.3 Å². The number of amides is 4. The molecule has 0 spiro atoms. The van der Waals surface area contributed by atoms with E-state index < -0.39 is 52.9 Å². The number of aliphatic hydroxyl groups is 1. The quantitative estimate of drug-likeness (QED) is 0.246. The van der Waals surface area contributed by atoms with Crippen LogP contribution in [0.2, 0.25) is 0 Å². The van der Waals surface area contributed by atoms with Gasteiger partial charge in [-0.1, -0.05) is 87.5 Å². The Morgan fingerprint density at radius 2 is 1.57 bits per heavy atom. The van der Waals surface area contributed by atoms with Gasteiger partial charge in [0.25, 0.3) is 11.8 Å². The summed E-state index contributed by atoms with van der Waals surface area (Å²) in [4.78, 5) is 55.2. The van der Waals surface area contributed by atoms with Crippen LogP contribution in [0, 0.1) is 5.41 Å². The third-order valence-electron chi connectivity index (χ3n) is 7.77. The Bertz CT molecular complexity index is 1560. The first-order chi connectivity index (χ1) is 22.1. The Balaban J connectivity index is 1.50. The number of fused-ring (bicyclic) bond motifs is 1. The van der Waals surface area contributed by atoms with Crippen LogP contribution in [0.25, 0.3) is 10.8 Å². The predicted octanol–water partition coefficient (Wildman–Crippen LogP) is 3.65. The zero-order valence-electron chi connectivity index (χ0n) is 27.9. The molecule has 1 heterocycles. The van der Waals surface area contributed by atoms with Crippen molar-refractivity contribution in [2.24, 2.45) is 5.41 Å². The summed E-state index contributed by atoms with van der Waals surface area (Å²) in [6.07, 6.45) is -1.50. The van der Waals surface area contributed by atoms with Gasteiger partial charge >= 0.3 is 0 Å². The summed E-state index contributed by atoms with van der Waals surface area (Å²) in [5.41, 5.74) is -0.427. The smallest absolute Gasteiger partial charge is 0.258 e. The molecule has 3 aromatic rings. The molecular formula is C36H46N4O6S. The number of hydrogen-bond acceptors (Lipinski definition) is 7. The van der Waals surface area contributed by atoms with E-state index in [1.807, 2.05) is 108 Å². The lowest BCUT2D eigenvalue weighted by atomic mass is 9.85. The van der Waals surface area contributed by atoms with Gasteiger partial charge in [0.2, 0.25) is 11.8 Å². The average molecular weight is 663 g/mol. The highest BCUT2D eigenvalue weighted by Crippen LogP contribution is 2.26. The van der Waals surface area contributed by atoms with Crippen molar-refractivity contribution in [3.8, 4) is 5.75 Å². The molecule has 10 nitrogen and oxygen atoms in total. The molecule has 4 rings (SSSR count). The van der Waals surface area contributed by atoms with Crippen LogP contribution in [0.5, 0.6) is 5.75 Å². The molecule has 4 atom stereocenters. The average Bonchev–Trinajstić information content (AvgIpc) is 3.51. The zero-order valence-corrected chi connectivity index (χ0v) is 28.7. The maximum absolute atomic E-state index is 13.9. The maximum atomic E-state index is 13.9. The monoisotopic (exact) mass is 662 g/mol. The number of carbonyl (C=O) groups excluding carboxylic acids is 4. The fourth-order valence-corrected chi connectivity index (χ4v) is 6.55.